The summed E-state index contributed by atoms with van der Waals surface area (Å²) in [5.74, 6) is 0.602. The molecule has 2 aliphatic rings. The normalized spacial score (nSPS) is 23.0. The smallest absolute Gasteiger partial charge is 0.270 e. The maximum atomic E-state index is 13.1. The summed E-state index contributed by atoms with van der Waals surface area (Å²) in [6, 6.07) is 2.07. The van der Waals surface area contributed by atoms with E-state index in [1.165, 1.54) is 11.8 Å². The van der Waals surface area contributed by atoms with E-state index < -0.39 is 0 Å². The van der Waals surface area contributed by atoms with Gasteiger partial charge in [0.2, 0.25) is 0 Å². The van der Waals surface area contributed by atoms with Crippen LogP contribution >= 0.6 is 24.0 Å². The maximum Gasteiger partial charge on any atom is 0.270 e. The molecule has 3 heterocycles. The first-order chi connectivity index (χ1) is 14.7. The summed E-state index contributed by atoms with van der Waals surface area (Å²) in [5.41, 5.74) is 1.10. The molecule has 1 aromatic rings. The summed E-state index contributed by atoms with van der Waals surface area (Å²) in [5, 5.41) is 9.68. The first kappa shape index (κ1) is 23.5. The minimum Gasteiger partial charge on any atom is -0.372 e. The molecule has 1 amide bonds. The molecule has 2 fully saturated rings. The van der Waals surface area contributed by atoms with Gasteiger partial charge in [-0.3, -0.25) is 19.1 Å². The lowest BCUT2D eigenvalue weighted by Crippen LogP contribution is -2.48. The second-order valence-corrected chi connectivity index (χ2v) is 9.57. The zero-order chi connectivity index (χ0) is 22.9. The Bertz CT molecular complexity index is 1030. The van der Waals surface area contributed by atoms with E-state index in [9.17, 15) is 14.9 Å². The average molecular weight is 461 g/mol. The number of carbonyl (C=O) groups is 1. The lowest BCUT2D eigenvalue weighted by Gasteiger charge is -2.39. The molecule has 7 nitrogen and oxygen atoms in total. The molecule has 2 unspecified atom stereocenters. The van der Waals surface area contributed by atoms with E-state index in [0.717, 1.165) is 17.8 Å². The quantitative estimate of drug-likeness (QED) is 0.493. The van der Waals surface area contributed by atoms with Crippen molar-refractivity contribution in [1.82, 2.24) is 9.47 Å². The predicted octanol–water partition coefficient (Wildman–Crippen LogP) is 3.27. The number of aromatic nitrogens is 1. The van der Waals surface area contributed by atoms with Gasteiger partial charge >= 0.3 is 0 Å². The second kappa shape index (κ2) is 9.55. The molecule has 1 aromatic heterocycles. The minimum atomic E-state index is -0.306. The van der Waals surface area contributed by atoms with E-state index in [1.807, 2.05) is 27.7 Å². The third-order valence-corrected chi connectivity index (χ3v) is 6.86. The first-order valence-corrected chi connectivity index (χ1v) is 11.8. The highest BCUT2D eigenvalue weighted by molar-refractivity contribution is 8.26. The van der Waals surface area contributed by atoms with Crippen LogP contribution in [0.1, 0.15) is 50.8 Å². The third-order valence-electron chi connectivity index (χ3n) is 5.48. The number of hydrogen-bond acceptors (Lipinski definition) is 7. The lowest BCUT2D eigenvalue weighted by atomic mass is 10.0. The molecule has 2 atom stereocenters. The van der Waals surface area contributed by atoms with Crippen molar-refractivity contribution in [2.24, 2.45) is 0 Å². The molecule has 31 heavy (non-hydrogen) atoms. The number of thioether (sulfide) groups is 1. The summed E-state index contributed by atoms with van der Waals surface area (Å²) in [6.45, 7) is 11.9. The van der Waals surface area contributed by atoms with Crippen molar-refractivity contribution < 1.29 is 9.53 Å². The van der Waals surface area contributed by atoms with Crippen LogP contribution in [0.4, 0.5) is 5.82 Å². The highest BCUT2D eigenvalue weighted by Crippen LogP contribution is 2.36. The van der Waals surface area contributed by atoms with Gasteiger partial charge in [-0.05, 0) is 45.8 Å². The number of carbonyl (C=O) groups excluding carboxylic acids is 1. The Labute approximate surface area is 192 Å². The summed E-state index contributed by atoms with van der Waals surface area (Å²) in [4.78, 5) is 30.3. The Morgan fingerprint density at radius 3 is 2.45 bits per heavy atom. The SMILES string of the molecule is CCCN1C(=O)C(=Cc2c(C)c(C#N)c(=O)n(CC)c2N2CC(C)OC(C)C2)SC1=S. The van der Waals surface area contributed by atoms with Crippen LogP contribution in [-0.4, -0.2) is 51.5 Å². The van der Waals surface area contributed by atoms with Gasteiger partial charge in [0.15, 0.2) is 0 Å². The van der Waals surface area contributed by atoms with E-state index in [2.05, 4.69) is 11.0 Å². The molecule has 0 N–H and O–H groups in total. The van der Waals surface area contributed by atoms with Crippen molar-refractivity contribution in [3.8, 4) is 6.07 Å². The highest BCUT2D eigenvalue weighted by atomic mass is 32.2. The maximum absolute atomic E-state index is 13.1. The second-order valence-electron chi connectivity index (χ2n) is 7.89. The monoisotopic (exact) mass is 460 g/mol. The molecular weight excluding hydrogens is 432 g/mol. The van der Waals surface area contributed by atoms with E-state index in [0.29, 0.717) is 41.0 Å². The summed E-state index contributed by atoms with van der Waals surface area (Å²) >= 11 is 6.68. The summed E-state index contributed by atoms with van der Waals surface area (Å²) < 4.78 is 8.05. The van der Waals surface area contributed by atoms with Gasteiger partial charge in [0, 0.05) is 31.7 Å². The molecule has 2 aliphatic heterocycles. The lowest BCUT2D eigenvalue weighted by molar-refractivity contribution is -0.122. The van der Waals surface area contributed by atoms with Crippen LogP contribution in [-0.2, 0) is 16.1 Å². The van der Waals surface area contributed by atoms with Crippen molar-refractivity contribution in [2.75, 3.05) is 24.5 Å². The van der Waals surface area contributed by atoms with Crippen molar-refractivity contribution in [3.63, 3.8) is 0 Å². The van der Waals surface area contributed by atoms with Crippen molar-refractivity contribution in [2.45, 2.75) is 59.8 Å². The van der Waals surface area contributed by atoms with E-state index in [1.54, 1.807) is 22.5 Å². The zero-order valence-electron chi connectivity index (χ0n) is 18.6. The summed E-state index contributed by atoms with van der Waals surface area (Å²) in [7, 11) is 0. The molecule has 9 heteroatoms. The van der Waals surface area contributed by atoms with Crippen LogP contribution in [0.2, 0.25) is 0 Å². The minimum absolute atomic E-state index is 0.00396. The number of ether oxygens (including phenoxy) is 1. The molecular formula is C22H28N4O3S2. The van der Waals surface area contributed by atoms with Gasteiger partial charge in [0.25, 0.3) is 11.5 Å². The van der Waals surface area contributed by atoms with Gasteiger partial charge in [0.1, 0.15) is 21.8 Å². The van der Waals surface area contributed by atoms with Crippen molar-refractivity contribution in [3.05, 3.63) is 31.9 Å². The van der Waals surface area contributed by atoms with Crippen LogP contribution in [0.15, 0.2) is 9.70 Å². The number of amides is 1. The zero-order valence-corrected chi connectivity index (χ0v) is 20.2. The van der Waals surface area contributed by atoms with Gasteiger partial charge in [-0.25, -0.2) is 0 Å². The topological polar surface area (TPSA) is 78.6 Å². The Morgan fingerprint density at radius 1 is 1.26 bits per heavy atom. The Balaban J connectivity index is 2.24. The number of thiocarbonyl (C=S) groups is 1. The van der Waals surface area contributed by atoms with Crippen LogP contribution in [0, 0.1) is 18.3 Å². The fourth-order valence-electron chi connectivity index (χ4n) is 4.18. The largest absolute Gasteiger partial charge is 0.372 e. The fraction of sp³-hybridized carbons (Fsp3) is 0.545. The van der Waals surface area contributed by atoms with E-state index >= 15 is 0 Å². The molecule has 0 aromatic carbocycles. The molecule has 0 bridgehead atoms. The van der Waals surface area contributed by atoms with E-state index in [-0.39, 0.29) is 29.2 Å². The van der Waals surface area contributed by atoms with Gasteiger partial charge in [-0.2, -0.15) is 5.26 Å². The molecule has 0 radical (unpaired) electrons. The number of nitrogens with zero attached hydrogens (tertiary/aromatic N) is 4. The molecule has 2 saturated heterocycles. The number of nitriles is 1. The van der Waals surface area contributed by atoms with Gasteiger partial charge in [0.05, 0.1) is 17.1 Å². The van der Waals surface area contributed by atoms with Crippen LogP contribution < -0.4 is 10.5 Å². The fourth-order valence-corrected chi connectivity index (χ4v) is 5.47. The molecule has 0 spiro atoms. The van der Waals surface area contributed by atoms with Crippen molar-refractivity contribution in [1.29, 1.82) is 5.26 Å². The molecule has 0 aliphatic carbocycles. The Hall–Kier alpha value is -2.15. The van der Waals surface area contributed by atoms with Crippen molar-refractivity contribution >= 4 is 46.1 Å². The number of anilines is 1. The number of rotatable bonds is 5. The van der Waals surface area contributed by atoms with Crippen LogP contribution in [0.5, 0.6) is 0 Å². The number of pyridine rings is 1. The number of morpholine rings is 1. The molecule has 166 valence electrons. The Morgan fingerprint density at radius 2 is 1.90 bits per heavy atom. The highest BCUT2D eigenvalue weighted by Gasteiger charge is 2.33. The van der Waals surface area contributed by atoms with Crippen LogP contribution in [0.25, 0.3) is 6.08 Å². The van der Waals surface area contributed by atoms with Gasteiger partial charge in [-0.1, -0.05) is 30.9 Å². The third kappa shape index (κ3) is 4.43. The Kier molecular flexibility index (Phi) is 7.24. The van der Waals surface area contributed by atoms with Gasteiger partial charge < -0.3 is 9.64 Å². The molecule has 0 saturated carbocycles. The predicted molar refractivity (Wildman–Crippen MR) is 128 cm³/mol. The first-order valence-electron chi connectivity index (χ1n) is 10.6. The average Bonchev–Trinajstić information content (AvgIpc) is 2.97. The van der Waals surface area contributed by atoms with E-state index in [4.69, 9.17) is 17.0 Å². The molecule has 3 rings (SSSR count). The number of hydrogen-bond donors (Lipinski definition) is 0. The van der Waals surface area contributed by atoms with Gasteiger partial charge in [-0.15, -0.1) is 0 Å². The summed E-state index contributed by atoms with van der Waals surface area (Å²) in [6.07, 6.45) is 2.61. The van der Waals surface area contributed by atoms with Crippen LogP contribution in [0.3, 0.4) is 0 Å². The standard InChI is InChI=1S/C22H28N4O3S2/c1-6-8-26-21(28)18(31-22(26)30)9-16-15(5)17(10-23)20(27)25(7-2)19(16)24-11-13(3)29-14(4)12-24/h9,13-14H,6-8,11-12H2,1-5H3.